The number of nitrogens with zero attached hydrogens (tertiary/aromatic N) is 1. The Bertz CT molecular complexity index is 1040. The highest BCUT2D eigenvalue weighted by atomic mass is 32.2. The van der Waals surface area contributed by atoms with E-state index in [-0.39, 0.29) is 30.8 Å². The summed E-state index contributed by atoms with van der Waals surface area (Å²) in [7, 11) is -6.59. The van der Waals surface area contributed by atoms with Gasteiger partial charge < -0.3 is 4.74 Å². The number of hydrogen-bond acceptors (Lipinski definition) is 5. The van der Waals surface area contributed by atoms with Gasteiger partial charge in [0.1, 0.15) is 17.4 Å². The van der Waals surface area contributed by atoms with Crippen molar-refractivity contribution in [2.75, 3.05) is 20.2 Å². The average Bonchev–Trinajstić information content (AvgIpc) is 2.68. The predicted molar refractivity (Wildman–Crippen MR) is 98.3 cm³/mol. The largest absolute Gasteiger partial charge is 0.497 e. The summed E-state index contributed by atoms with van der Waals surface area (Å²) < 4.78 is 84.5. The van der Waals surface area contributed by atoms with Gasteiger partial charge in [0.2, 0.25) is 10.0 Å². The van der Waals surface area contributed by atoms with E-state index in [1.54, 1.807) is 0 Å². The molecule has 0 unspecified atom stereocenters. The topological polar surface area (TPSA) is 80.8 Å². The fraction of sp³-hybridized carbons (Fsp3) is 0.333. The minimum Gasteiger partial charge on any atom is -0.497 e. The number of halogens is 2. The van der Waals surface area contributed by atoms with E-state index in [0.29, 0.717) is 5.75 Å². The molecule has 0 spiro atoms. The molecule has 28 heavy (non-hydrogen) atoms. The van der Waals surface area contributed by atoms with Crippen molar-refractivity contribution in [3.63, 3.8) is 0 Å². The van der Waals surface area contributed by atoms with Crippen molar-refractivity contribution >= 4 is 19.9 Å². The lowest BCUT2D eigenvalue weighted by Gasteiger charge is -2.31. The van der Waals surface area contributed by atoms with Crippen molar-refractivity contribution in [2.24, 2.45) is 0 Å². The molecule has 0 amide bonds. The van der Waals surface area contributed by atoms with Gasteiger partial charge in [-0.05, 0) is 49.2 Å². The van der Waals surface area contributed by atoms with Gasteiger partial charge in [0.05, 0.1) is 17.3 Å². The lowest BCUT2D eigenvalue weighted by atomic mass is 10.2. The van der Waals surface area contributed by atoms with Gasteiger partial charge in [0, 0.05) is 13.1 Å². The fourth-order valence-corrected chi connectivity index (χ4v) is 6.51. The maximum atomic E-state index is 13.9. The minimum atomic E-state index is -4.39. The summed E-state index contributed by atoms with van der Waals surface area (Å²) in [5.74, 6) is -1.83. The molecule has 0 aromatic heterocycles. The number of methoxy groups -OCH3 is 1. The summed E-state index contributed by atoms with van der Waals surface area (Å²) in [4.78, 5) is -0.888. The van der Waals surface area contributed by atoms with E-state index in [4.69, 9.17) is 4.74 Å². The molecular weight excluding hydrogens is 412 g/mol. The zero-order chi connectivity index (χ0) is 20.5. The molecule has 3 rings (SSSR count). The van der Waals surface area contributed by atoms with Crippen LogP contribution >= 0.6 is 0 Å². The van der Waals surface area contributed by atoms with Gasteiger partial charge in [0.25, 0.3) is 0 Å². The summed E-state index contributed by atoms with van der Waals surface area (Å²) in [6.07, 6.45) is 0.0628. The number of benzene rings is 2. The standard InChI is InChI=1S/C18H19F2NO5S2/c1-26-13-5-7-14(8-6-13)27(22,23)15-9-11-21(12-10-15)28(24,25)18-16(19)3-2-4-17(18)20/h2-8,15H,9-12H2,1H3. The molecule has 2 aromatic rings. The predicted octanol–water partition coefficient (Wildman–Crippen LogP) is 2.60. The van der Waals surface area contributed by atoms with E-state index >= 15 is 0 Å². The second kappa shape index (κ2) is 7.76. The van der Waals surface area contributed by atoms with Crippen LogP contribution in [0, 0.1) is 11.6 Å². The highest BCUT2D eigenvalue weighted by Gasteiger charge is 2.37. The molecule has 152 valence electrons. The first kappa shape index (κ1) is 20.7. The number of sulfonamides is 1. The quantitative estimate of drug-likeness (QED) is 0.727. The Morgan fingerprint density at radius 1 is 0.929 bits per heavy atom. The van der Waals surface area contributed by atoms with Crippen LogP contribution in [-0.2, 0) is 19.9 Å². The maximum absolute atomic E-state index is 13.9. The first-order chi connectivity index (χ1) is 13.2. The van der Waals surface area contributed by atoms with E-state index < -0.39 is 41.6 Å². The number of piperidine rings is 1. The van der Waals surface area contributed by atoms with Crippen LogP contribution in [0.1, 0.15) is 12.8 Å². The summed E-state index contributed by atoms with van der Waals surface area (Å²) in [5, 5.41) is -0.780. The van der Waals surface area contributed by atoms with Gasteiger partial charge in [-0.2, -0.15) is 4.31 Å². The maximum Gasteiger partial charge on any atom is 0.248 e. The summed E-state index contributed by atoms with van der Waals surface area (Å²) in [5.41, 5.74) is 0. The summed E-state index contributed by atoms with van der Waals surface area (Å²) >= 11 is 0. The van der Waals surface area contributed by atoms with Crippen LogP contribution in [0.2, 0.25) is 0 Å². The van der Waals surface area contributed by atoms with Crippen molar-refractivity contribution in [3.8, 4) is 5.75 Å². The molecular formula is C18H19F2NO5S2. The molecule has 0 N–H and O–H groups in total. The van der Waals surface area contributed by atoms with Gasteiger partial charge in [-0.25, -0.2) is 25.6 Å². The highest BCUT2D eigenvalue weighted by molar-refractivity contribution is 7.92. The van der Waals surface area contributed by atoms with Crippen LogP contribution in [0.4, 0.5) is 8.78 Å². The van der Waals surface area contributed by atoms with E-state index in [2.05, 4.69) is 0 Å². The van der Waals surface area contributed by atoms with Gasteiger partial charge in [0.15, 0.2) is 14.7 Å². The molecule has 0 aliphatic carbocycles. The molecule has 6 nitrogen and oxygen atoms in total. The smallest absolute Gasteiger partial charge is 0.248 e. The molecule has 10 heteroatoms. The third kappa shape index (κ3) is 3.76. The average molecular weight is 431 g/mol. The van der Waals surface area contributed by atoms with Crippen molar-refractivity contribution < 1.29 is 30.4 Å². The second-order valence-corrected chi connectivity index (χ2v) is 10.5. The Hall–Kier alpha value is -2.04. The third-order valence-corrected chi connectivity index (χ3v) is 8.97. The first-order valence-corrected chi connectivity index (χ1v) is 11.5. The normalized spacial score (nSPS) is 16.8. The van der Waals surface area contributed by atoms with Crippen molar-refractivity contribution in [1.29, 1.82) is 0 Å². The Kier molecular flexibility index (Phi) is 5.74. The van der Waals surface area contributed by atoms with E-state index in [9.17, 15) is 25.6 Å². The van der Waals surface area contributed by atoms with E-state index in [0.717, 1.165) is 22.5 Å². The van der Waals surface area contributed by atoms with Gasteiger partial charge in [-0.1, -0.05) is 6.07 Å². The van der Waals surface area contributed by atoms with Crippen LogP contribution in [0.15, 0.2) is 52.3 Å². The molecule has 1 heterocycles. The Labute approximate surface area is 162 Å². The van der Waals surface area contributed by atoms with Crippen LogP contribution in [0.25, 0.3) is 0 Å². The minimum absolute atomic E-state index is 0.0314. The Morgan fingerprint density at radius 3 is 1.96 bits per heavy atom. The fourth-order valence-electron chi connectivity index (χ4n) is 3.20. The molecule has 0 bridgehead atoms. The first-order valence-electron chi connectivity index (χ1n) is 8.50. The lowest BCUT2D eigenvalue weighted by molar-refractivity contribution is 0.341. The molecule has 1 aliphatic rings. The lowest BCUT2D eigenvalue weighted by Crippen LogP contribution is -2.42. The molecule has 0 saturated carbocycles. The Morgan fingerprint density at radius 2 is 1.46 bits per heavy atom. The molecule has 0 radical (unpaired) electrons. The molecule has 1 saturated heterocycles. The molecule has 0 atom stereocenters. The van der Waals surface area contributed by atoms with E-state index in [1.807, 2.05) is 0 Å². The summed E-state index contributed by atoms with van der Waals surface area (Å²) in [6.45, 7) is -0.285. The van der Waals surface area contributed by atoms with Crippen LogP contribution in [0.5, 0.6) is 5.75 Å². The number of sulfone groups is 1. The zero-order valence-corrected chi connectivity index (χ0v) is 16.6. The second-order valence-electron chi connectivity index (χ2n) is 6.37. The van der Waals surface area contributed by atoms with Crippen LogP contribution < -0.4 is 4.74 Å². The van der Waals surface area contributed by atoms with E-state index in [1.165, 1.54) is 31.4 Å². The number of rotatable bonds is 5. The van der Waals surface area contributed by atoms with Gasteiger partial charge in [-0.3, -0.25) is 0 Å². The van der Waals surface area contributed by atoms with Crippen molar-refractivity contribution in [1.82, 2.24) is 4.31 Å². The van der Waals surface area contributed by atoms with Crippen LogP contribution in [0.3, 0.4) is 0 Å². The monoisotopic (exact) mass is 431 g/mol. The summed E-state index contributed by atoms with van der Waals surface area (Å²) in [6, 6.07) is 8.77. The van der Waals surface area contributed by atoms with Gasteiger partial charge >= 0.3 is 0 Å². The highest BCUT2D eigenvalue weighted by Crippen LogP contribution is 2.30. The molecule has 1 fully saturated rings. The van der Waals surface area contributed by atoms with Crippen molar-refractivity contribution in [2.45, 2.75) is 27.9 Å². The van der Waals surface area contributed by atoms with Gasteiger partial charge in [-0.15, -0.1) is 0 Å². The third-order valence-electron chi connectivity index (χ3n) is 4.74. The van der Waals surface area contributed by atoms with Crippen molar-refractivity contribution in [3.05, 3.63) is 54.1 Å². The number of hydrogen-bond donors (Lipinski definition) is 0. The number of ether oxygens (including phenoxy) is 1. The molecule has 1 aliphatic heterocycles. The SMILES string of the molecule is COc1ccc(S(=O)(=O)C2CCN(S(=O)(=O)c3c(F)cccc3F)CC2)cc1. The Balaban J connectivity index is 1.78. The van der Waals surface area contributed by atoms with Crippen LogP contribution in [-0.4, -0.2) is 46.6 Å². The molecule has 2 aromatic carbocycles. The zero-order valence-electron chi connectivity index (χ0n) is 15.0.